The normalized spacial score (nSPS) is 18.7. The molecule has 1 nitrogen and oxygen atoms in total. The predicted molar refractivity (Wildman–Crippen MR) is 53.8 cm³/mol. The predicted octanol–water partition coefficient (Wildman–Crippen LogP) is 3.00. The molecule has 0 heterocycles. The van der Waals surface area contributed by atoms with Crippen LogP contribution < -0.4 is 5.73 Å². The van der Waals surface area contributed by atoms with Crippen LogP contribution in [0.3, 0.4) is 0 Å². The van der Waals surface area contributed by atoms with Crippen molar-refractivity contribution >= 4 is 15.9 Å². The van der Waals surface area contributed by atoms with Crippen molar-refractivity contribution < 1.29 is 4.39 Å². The smallest absolute Gasteiger partial charge is 0.124 e. The van der Waals surface area contributed by atoms with Gasteiger partial charge in [0.2, 0.25) is 0 Å². The van der Waals surface area contributed by atoms with Crippen LogP contribution in [0, 0.1) is 11.7 Å². The van der Waals surface area contributed by atoms with Crippen molar-refractivity contribution in [1.82, 2.24) is 0 Å². The Balaban J connectivity index is 2.28. The van der Waals surface area contributed by atoms with Crippen LogP contribution >= 0.6 is 15.9 Å². The molecule has 3 heteroatoms. The second-order valence-electron chi connectivity index (χ2n) is 3.53. The highest BCUT2D eigenvalue weighted by Crippen LogP contribution is 2.41. The van der Waals surface area contributed by atoms with Crippen LogP contribution in [0.5, 0.6) is 0 Å². The van der Waals surface area contributed by atoms with E-state index in [9.17, 15) is 4.39 Å². The molecule has 1 aliphatic rings. The number of hydrogen-bond donors (Lipinski definition) is 1. The van der Waals surface area contributed by atoms with E-state index >= 15 is 0 Å². The van der Waals surface area contributed by atoms with E-state index in [0.717, 1.165) is 10.0 Å². The van der Waals surface area contributed by atoms with Gasteiger partial charge in [-0.15, -0.1) is 0 Å². The van der Waals surface area contributed by atoms with E-state index in [0.29, 0.717) is 5.92 Å². The molecular weight excluding hydrogens is 233 g/mol. The summed E-state index contributed by atoms with van der Waals surface area (Å²) in [6.45, 7) is 0. The van der Waals surface area contributed by atoms with Crippen molar-refractivity contribution in [3.8, 4) is 0 Å². The molecule has 0 radical (unpaired) electrons. The Hall–Kier alpha value is -0.410. The Labute approximate surface area is 85.3 Å². The molecule has 0 spiro atoms. The summed E-state index contributed by atoms with van der Waals surface area (Å²) >= 11 is 3.32. The Bertz CT molecular complexity index is 323. The third-order valence-corrected chi connectivity index (χ3v) is 3.14. The van der Waals surface area contributed by atoms with E-state index in [4.69, 9.17) is 5.73 Å². The van der Waals surface area contributed by atoms with Gasteiger partial charge in [0.05, 0.1) is 0 Å². The van der Waals surface area contributed by atoms with Gasteiger partial charge in [-0.25, -0.2) is 4.39 Å². The molecule has 13 heavy (non-hydrogen) atoms. The Kier molecular flexibility index (Phi) is 2.39. The van der Waals surface area contributed by atoms with E-state index in [1.54, 1.807) is 6.07 Å². The average Bonchev–Trinajstić information content (AvgIpc) is 2.85. The molecule has 2 N–H and O–H groups in total. The lowest BCUT2D eigenvalue weighted by Gasteiger charge is -2.12. The summed E-state index contributed by atoms with van der Waals surface area (Å²) in [5, 5.41) is 0. The van der Waals surface area contributed by atoms with Crippen molar-refractivity contribution in [3.05, 3.63) is 34.1 Å². The molecule has 1 saturated carbocycles. The van der Waals surface area contributed by atoms with Gasteiger partial charge >= 0.3 is 0 Å². The largest absolute Gasteiger partial charge is 0.324 e. The fraction of sp³-hybridized carbons (Fsp3) is 0.400. The quantitative estimate of drug-likeness (QED) is 0.850. The first-order chi connectivity index (χ1) is 6.18. The van der Waals surface area contributed by atoms with Gasteiger partial charge in [0.1, 0.15) is 5.82 Å². The van der Waals surface area contributed by atoms with Crippen molar-refractivity contribution in [2.24, 2.45) is 11.7 Å². The number of hydrogen-bond acceptors (Lipinski definition) is 1. The van der Waals surface area contributed by atoms with Crippen molar-refractivity contribution in [3.63, 3.8) is 0 Å². The van der Waals surface area contributed by atoms with Gasteiger partial charge in [-0.3, -0.25) is 0 Å². The van der Waals surface area contributed by atoms with Crippen LogP contribution in [-0.2, 0) is 0 Å². The Morgan fingerprint density at radius 1 is 1.46 bits per heavy atom. The van der Waals surface area contributed by atoms with Gasteiger partial charge in [-0.2, -0.15) is 0 Å². The fourth-order valence-electron chi connectivity index (χ4n) is 1.48. The van der Waals surface area contributed by atoms with Gasteiger partial charge in [0.25, 0.3) is 0 Å². The molecule has 0 aromatic heterocycles. The Morgan fingerprint density at radius 2 is 2.15 bits per heavy atom. The van der Waals surface area contributed by atoms with Gasteiger partial charge < -0.3 is 5.73 Å². The first-order valence-corrected chi connectivity index (χ1v) is 5.18. The van der Waals surface area contributed by atoms with Crippen molar-refractivity contribution in [2.75, 3.05) is 0 Å². The summed E-state index contributed by atoms with van der Waals surface area (Å²) in [7, 11) is 0. The van der Waals surface area contributed by atoms with Crippen LogP contribution in [0.2, 0.25) is 0 Å². The van der Waals surface area contributed by atoms with Gasteiger partial charge in [0.15, 0.2) is 0 Å². The topological polar surface area (TPSA) is 26.0 Å². The third-order valence-electron chi connectivity index (χ3n) is 2.45. The van der Waals surface area contributed by atoms with Crippen LogP contribution in [-0.4, -0.2) is 0 Å². The molecular formula is C10H11BrFN. The minimum Gasteiger partial charge on any atom is -0.324 e. The molecule has 0 saturated heterocycles. The first kappa shape index (κ1) is 9.16. The summed E-state index contributed by atoms with van der Waals surface area (Å²) in [4.78, 5) is 0. The second-order valence-corrected chi connectivity index (χ2v) is 4.38. The molecule has 0 bridgehead atoms. The van der Waals surface area contributed by atoms with E-state index < -0.39 is 0 Å². The highest BCUT2D eigenvalue weighted by atomic mass is 79.9. The van der Waals surface area contributed by atoms with Crippen LogP contribution in [0.4, 0.5) is 4.39 Å². The zero-order valence-electron chi connectivity index (χ0n) is 7.13. The molecule has 1 fully saturated rings. The van der Waals surface area contributed by atoms with Crippen LogP contribution in [0.1, 0.15) is 24.4 Å². The van der Waals surface area contributed by atoms with Crippen molar-refractivity contribution in [2.45, 2.75) is 18.9 Å². The zero-order chi connectivity index (χ0) is 9.42. The second kappa shape index (κ2) is 3.39. The maximum Gasteiger partial charge on any atom is 0.124 e. The number of nitrogens with two attached hydrogens (primary N) is 1. The molecule has 0 aliphatic heterocycles. The first-order valence-electron chi connectivity index (χ1n) is 4.39. The summed E-state index contributed by atoms with van der Waals surface area (Å²) < 4.78 is 13.5. The maximum atomic E-state index is 12.8. The number of benzene rings is 1. The van der Waals surface area contributed by atoms with Gasteiger partial charge in [-0.05, 0) is 36.5 Å². The monoisotopic (exact) mass is 243 g/mol. The molecule has 1 aromatic rings. The lowest BCUT2D eigenvalue weighted by Crippen LogP contribution is -2.12. The van der Waals surface area contributed by atoms with Crippen LogP contribution in [0.25, 0.3) is 0 Å². The number of halogens is 2. The lowest BCUT2D eigenvalue weighted by molar-refractivity contribution is 0.610. The standard InChI is InChI=1S/C10H11BrFN/c11-9-5-7(12)3-4-8(9)10(13)6-1-2-6/h3-6,10H,1-2,13H2/t10-/m0/s1. The highest BCUT2D eigenvalue weighted by molar-refractivity contribution is 9.10. The summed E-state index contributed by atoms with van der Waals surface area (Å²) in [6, 6.07) is 4.76. The summed E-state index contributed by atoms with van der Waals surface area (Å²) in [5.74, 6) is 0.375. The minimum atomic E-state index is -0.223. The SMILES string of the molecule is N[C@H](c1ccc(F)cc1Br)C1CC1. The molecule has 70 valence electrons. The number of rotatable bonds is 2. The highest BCUT2D eigenvalue weighted by Gasteiger charge is 2.30. The Morgan fingerprint density at radius 3 is 2.69 bits per heavy atom. The molecule has 0 unspecified atom stereocenters. The zero-order valence-corrected chi connectivity index (χ0v) is 8.72. The summed E-state index contributed by atoms with van der Waals surface area (Å²) in [5.41, 5.74) is 7.02. The van der Waals surface area contributed by atoms with E-state index in [2.05, 4.69) is 15.9 Å². The lowest BCUT2D eigenvalue weighted by atomic mass is 10.0. The molecule has 0 amide bonds. The van der Waals surface area contributed by atoms with E-state index in [-0.39, 0.29) is 11.9 Å². The molecule has 2 rings (SSSR count). The van der Waals surface area contributed by atoms with E-state index in [1.165, 1.54) is 25.0 Å². The fourth-order valence-corrected chi connectivity index (χ4v) is 2.10. The molecule has 1 aliphatic carbocycles. The average molecular weight is 244 g/mol. The van der Waals surface area contributed by atoms with Crippen molar-refractivity contribution in [1.29, 1.82) is 0 Å². The maximum absolute atomic E-state index is 12.8. The third kappa shape index (κ3) is 1.92. The van der Waals surface area contributed by atoms with Gasteiger partial charge in [-0.1, -0.05) is 22.0 Å². The molecule has 1 atom stereocenters. The van der Waals surface area contributed by atoms with Gasteiger partial charge in [0, 0.05) is 10.5 Å². The van der Waals surface area contributed by atoms with E-state index in [1.807, 2.05) is 0 Å². The molecule has 1 aromatic carbocycles. The minimum absolute atomic E-state index is 0.0648. The summed E-state index contributed by atoms with van der Waals surface area (Å²) in [6.07, 6.45) is 2.40. The van der Waals surface area contributed by atoms with Crippen LogP contribution in [0.15, 0.2) is 22.7 Å².